The number of fused-ring (bicyclic) bond motifs is 4. The number of aromatic nitrogens is 4. The first-order valence-electron chi connectivity index (χ1n) is 41.1. The first kappa shape index (κ1) is 96.8. The van der Waals surface area contributed by atoms with Gasteiger partial charge in [-0.25, -0.2) is 69.9 Å². The van der Waals surface area contributed by atoms with Gasteiger partial charge in [-0.3, -0.25) is 29.6 Å². The van der Waals surface area contributed by atoms with Crippen molar-refractivity contribution in [2.24, 2.45) is 31.1 Å². The number of piperazine rings is 4. The predicted octanol–water partition coefficient (Wildman–Crippen LogP) is 12.3. The second kappa shape index (κ2) is 42.4. The quantitative estimate of drug-likeness (QED) is 0.0431. The van der Waals surface area contributed by atoms with Crippen molar-refractivity contribution in [3.8, 4) is 0 Å². The van der Waals surface area contributed by atoms with E-state index in [-0.39, 0.29) is 89.1 Å². The normalized spacial score (nSPS) is 19.4. The van der Waals surface area contributed by atoms with Crippen LogP contribution in [0.2, 0.25) is 0 Å². The van der Waals surface area contributed by atoms with Crippen molar-refractivity contribution in [3.63, 3.8) is 0 Å². The average molecular weight is 2150 g/mol. The summed E-state index contributed by atoms with van der Waals surface area (Å²) in [5.41, 5.74) is 11.0. The van der Waals surface area contributed by atoms with Crippen LogP contribution in [0.15, 0.2) is 202 Å². The molecule has 13 heterocycles. The van der Waals surface area contributed by atoms with Gasteiger partial charge in [-0.15, -0.1) is 45.3 Å². The first-order valence-corrected chi connectivity index (χ1v) is 49.6. The number of urea groups is 1. The van der Waals surface area contributed by atoms with Gasteiger partial charge in [-0.05, 0) is 105 Å². The van der Waals surface area contributed by atoms with Crippen LogP contribution in [0, 0.1) is 28.7 Å². The number of thiazole rings is 4. The Hall–Kier alpha value is -10.2. The number of sulfonamides is 1. The molecule has 690 valence electrons. The summed E-state index contributed by atoms with van der Waals surface area (Å²) in [6.07, 6.45) is 7.87. The van der Waals surface area contributed by atoms with Crippen LogP contribution in [-0.4, -0.2) is 270 Å². The molecule has 4 aromatic heterocycles. The molecule has 8 aromatic rings. The predicted molar refractivity (Wildman–Crippen MR) is 497 cm³/mol. The van der Waals surface area contributed by atoms with Crippen molar-refractivity contribution in [3.05, 3.63) is 248 Å². The Balaban J connectivity index is 0.000000141. The van der Waals surface area contributed by atoms with E-state index in [0.717, 1.165) is 6.26 Å². The molecule has 32 nitrogen and oxygen atoms in total. The molecule has 0 spiro atoms. The topological polar surface area (TPSA) is 365 Å². The summed E-state index contributed by atoms with van der Waals surface area (Å²) in [5.74, 6) is -1.65. The Morgan fingerprint density at radius 1 is 0.458 bits per heavy atom. The summed E-state index contributed by atoms with van der Waals surface area (Å²) >= 11 is 19.3. The number of hydrogen-bond acceptors (Lipinski definition) is 31. The summed E-state index contributed by atoms with van der Waals surface area (Å²) in [7, 11) is -1.93. The molecule has 5 saturated heterocycles. The van der Waals surface area contributed by atoms with Crippen molar-refractivity contribution in [1.82, 2.24) is 63.9 Å². The number of amidine groups is 4. The fourth-order valence-corrected chi connectivity index (χ4v) is 21.5. The molecule has 4 aromatic carbocycles. The monoisotopic (exact) mass is 2150 g/mol. The summed E-state index contributed by atoms with van der Waals surface area (Å²) in [5, 5.41) is 12.7. The second-order valence-corrected chi connectivity index (χ2v) is 39.2. The average Bonchev–Trinajstić information content (AvgIpc) is 1.57. The van der Waals surface area contributed by atoms with Crippen molar-refractivity contribution in [2.45, 2.75) is 58.8 Å². The van der Waals surface area contributed by atoms with Gasteiger partial charge in [-0.2, -0.15) is 4.31 Å². The SMILES string of the molecule is CCOC(=O)C1=C2CN(C(=O)C3(C)COC3)CCN2C(c2nccs2)=N[C@H]1c1ccc(F)cc1Br.CCOC(=O)C1=C2CN(C(=O)CN)CCN2C(c2nccs2)=N[C@H]1c1ccc(F)cc1Br.CCOC(=O)C1=C2CN(C(=O)NC)CCN2C(c2nccs2)=N[C@H]1c1ccc(F)cc1Br.CCOC(=O)C1=C2CN(S(C)(=O)=O)CCN2C(c2nccs2)=NC1c1ccc(F)cc1Br. The maximum atomic E-state index is 13.9. The van der Waals surface area contributed by atoms with Gasteiger partial charge in [0, 0.05) is 129 Å². The summed E-state index contributed by atoms with van der Waals surface area (Å²) < 4.78 is 110. The molecule has 4 amide bonds. The van der Waals surface area contributed by atoms with E-state index in [4.69, 9.17) is 49.4 Å². The first-order chi connectivity index (χ1) is 62.9. The molecule has 0 saturated carbocycles. The highest BCUT2D eigenvalue weighted by Gasteiger charge is 2.50. The Morgan fingerprint density at radius 2 is 0.748 bits per heavy atom. The van der Waals surface area contributed by atoms with Crippen LogP contribution in [0.5, 0.6) is 0 Å². The van der Waals surface area contributed by atoms with E-state index in [1.807, 2.05) is 48.0 Å². The highest BCUT2D eigenvalue weighted by molar-refractivity contribution is 9.11. The number of nitrogens with zero attached hydrogens (tertiary/aromatic N) is 16. The van der Waals surface area contributed by atoms with Gasteiger partial charge in [-0.1, -0.05) is 88.0 Å². The fraction of sp³-hybridized carbons (Fsp3) is 0.360. The zero-order valence-electron chi connectivity index (χ0n) is 71.3. The van der Waals surface area contributed by atoms with Crippen molar-refractivity contribution in [1.29, 1.82) is 0 Å². The van der Waals surface area contributed by atoms with Crippen LogP contribution in [0.3, 0.4) is 0 Å². The van der Waals surface area contributed by atoms with Gasteiger partial charge in [0.15, 0.2) is 43.4 Å². The number of aliphatic imine (C=N–C) groups is 4. The largest absolute Gasteiger partial charge is 0.463 e. The number of benzene rings is 4. The van der Waals surface area contributed by atoms with E-state index in [1.165, 1.54) is 98.2 Å². The number of ether oxygens (including phenoxy) is 5. The molecule has 131 heavy (non-hydrogen) atoms. The molecule has 9 aliphatic rings. The number of halogens is 8. The fourth-order valence-electron chi connectivity index (χ4n) is 15.9. The third-order valence-corrected chi connectivity index (χ3v) is 29.1. The van der Waals surface area contributed by atoms with Crippen LogP contribution >= 0.6 is 109 Å². The number of carbonyl (C=O) groups excluding carboxylic acids is 7. The van der Waals surface area contributed by atoms with Crippen molar-refractivity contribution >= 4 is 184 Å². The number of nitrogens with two attached hydrogens (primary N) is 1. The minimum absolute atomic E-state index is 0.00284. The summed E-state index contributed by atoms with van der Waals surface area (Å²) in [6.45, 7) is 14.0. The van der Waals surface area contributed by atoms with E-state index in [9.17, 15) is 59.5 Å². The lowest BCUT2D eigenvalue weighted by Gasteiger charge is -2.46. The molecular formula is C86H86Br4F4N18O14S5. The summed E-state index contributed by atoms with van der Waals surface area (Å²) in [6, 6.07) is 13.6. The lowest BCUT2D eigenvalue weighted by molar-refractivity contribution is -0.169. The van der Waals surface area contributed by atoms with Gasteiger partial charge in [0.2, 0.25) is 21.8 Å². The highest BCUT2D eigenvalue weighted by atomic mass is 79.9. The number of amides is 4. The second-order valence-electron chi connectivity index (χ2n) is 30.2. The number of hydrogen-bond donors (Lipinski definition) is 2. The molecule has 5 fully saturated rings. The Kier molecular flexibility index (Phi) is 31.3. The molecule has 4 atom stereocenters. The smallest absolute Gasteiger partial charge is 0.338 e. The zero-order chi connectivity index (χ0) is 93.4. The maximum absolute atomic E-state index is 13.9. The minimum atomic E-state index is -3.50. The van der Waals surface area contributed by atoms with E-state index in [0.29, 0.717) is 182 Å². The zero-order valence-corrected chi connectivity index (χ0v) is 81.7. The van der Waals surface area contributed by atoms with Crippen molar-refractivity contribution in [2.75, 3.05) is 138 Å². The standard InChI is InChI=1S/C24H24BrFN4O4S.2C21H21BrFN5O3S.C20H20BrFN4O4S2/c1-3-34-22(31)18-17-11-29(23(32)24(2)12-33-13-24)7-8-30(17)20(21-27-6-9-35-21)28-19(18)15-5-4-14(26)10-16(15)25;1-3-31-20(29)16-15-11-27(21(30)24-2)7-8-28(15)18(19-25-6-9-32-19)26-17(16)13-5-4-12(23)10-14(13)22;1-2-31-21(30)17-15-11-27(16(29)10-24)6-7-28(15)19(20-25-5-8-32-20)26-18(17)13-4-3-12(23)9-14(13)22;1-3-30-20(27)16-15-11-25(32(2,28)29)7-8-26(15)18(19-23-6-9-31-19)24-17(16)13-5-4-12(22)10-14(13)21/h4-6,9-10,19H,3,7-8,11-13H2,1-2H3;4-6,9-10,17H,3,7-8,11H2,1-2H3,(H,24,30);3-5,8-9,18H,2,6-7,10-11,24H2,1H3;4-6,9-10,17H,3,7-8,11H2,1-2H3/t19-;17-;18-;/m000./s1. The number of nitrogens with one attached hydrogen (secondary N) is 1. The third kappa shape index (κ3) is 20.9. The highest BCUT2D eigenvalue weighted by Crippen LogP contribution is 2.47. The van der Waals surface area contributed by atoms with Gasteiger partial charge >= 0.3 is 29.9 Å². The van der Waals surface area contributed by atoms with Crippen LogP contribution < -0.4 is 11.1 Å². The Bertz CT molecular complexity index is 5930. The molecular weight excluding hydrogens is 2070 g/mol. The van der Waals surface area contributed by atoms with E-state index in [1.54, 1.807) is 98.5 Å². The Morgan fingerprint density at radius 3 is 1.02 bits per heavy atom. The molecule has 45 heteroatoms. The van der Waals surface area contributed by atoms with Crippen LogP contribution in [0.1, 0.15) is 101 Å². The van der Waals surface area contributed by atoms with Crippen LogP contribution in [-0.2, 0) is 62.5 Å². The minimum Gasteiger partial charge on any atom is -0.463 e. The lowest BCUT2D eigenvalue weighted by atomic mass is 9.86. The maximum Gasteiger partial charge on any atom is 0.338 e. The number of rotatable bonds is 19. The van der Waals surface area contributed by atoms with E-state index in [2.05, 4.69) is 89.0 Å². The molecule has 1 unspecified atom stereocenters. The molecule has 3 N–H and O–H groups in total. The number of esters is 4. The molecule has 17 rings (SSSR count). The Labute approximate surface area is 800 Å². The van der Waals surface area contributed by atoms with Crippen LogP contribution in [0.4, 0.5) is 22.4 Å². The van der Waals surface area contributed by atoms with E-state index < -0.39 is 86.8 Å². The van der Waals surface area contributed by atoms with Crippen LogP contribution in [0.25, 0.3) is 0 Å². The number of carbonyl (C=O) groups is 7. The summed E-state index contributed by atoms with van der Waals surface area (Å²) in [4.78, 5) is 141. The van der Waals surface area contributed by atoms with Gasteiger partial charge < -0.3 is 69.0 Å². The van der Waals surface area contributed by atoms with Gasteiger partial charge in [0.25, 0.3) is 0 Å². The van der Waals surface area contributed by atoms with Gasteiger partial charge in [0.05, 0.1) is 123 Å². The van der Waals surface area contributed by atoms with Gasteiger partial charge in [0.1, 0.15) is 47.4 Å². The van der Waals surface area contributed by atoms with Crippen molar-refractivity contribution < 1.29 is 83.2 Å². The molecule has 0 bridgehead atoms. The lowest BCUT2D eigenvalue weighted by Crippen LogP contribution is -2.58. The third-order valence-electron chi connectivity index (χ3n) is 22.0. The molecule has 0 aliphatic carbocycles. The molecule has 0 radical (unpaired) electrons. The molecule has 9 aliphatic heterocycles. The van der Waals surface area contributed by atoms with E-state index >= 15 is 0 Å².